The Labute approximate surface area is 188 Å². The summed E-state index contributed by atoms with van der Waals surface area (Å²) >= 11 is 12.6. The number of anilines is 1. The fourth-order valence-electron chi connectivity index (χ4n) is 3.12. The van der Waals surface area contributed by atoms with Gasteiger partial charge in [-0.25, -0.2) is 0 Å². The highest BCUT2D eigenvalue weighted by molar-refractivity contribution is 6.35. The minimum atomic E-state index is -0.401. The van der Waals surface area contributed by atoms with Crippen molar-refractivity contribution in [2.75, 3.05) is 18.5 Å². The van der Waals surface area contributed by atoms with Gasteiger partial charge in [-0.2, -0.15) is 0 Å². The third-order valence-corrected chi connectivity index (χ3v) is 5.30. The zero-order valence-electron chi connectivity index (χ0n) is 16.3. The van der Waals surface area contributed by atoms with Gasteiger partial charge in [0, 0.05) is 23.0 Å². The molecule has 0 fully saturated rings. The molecule has 1 aliphatic heterocycles. The normalized spacial score (nSPS) is 12.8. The summed E-state index contributed by atoms with van der Waals surface area (Å²) in [5, 5.41) is 3.51. The van der Waals surface area contributed by atoms with Crippen LogP contribution >= 0.6 is 23.2 Å². The Bertz CT molecular complexity index is 1180. The van der Waals surface area contributed by atoms with Gasteiger partial charge in [0.15, 0.2) is 11.7 Å². The maximum absolute atomic E-state index is 12.8. The largest absolute Gasteiger partial charge is 0.479 e. The third-order valence-electron chi connectivity index (χ3n) is 4.66. The van der Waals surface area contributed by atoms with Crippen molar-refractivity contribution in [2.45, 2.75) is 6.42 Å². The van der Waals surface area contributed by atoms with Gasteiger partial charge in [0.25, 0.3) is 5.91 Å². The second-order valence-corrected chi connectivity index (χ2v) is 7.60. The number of nitrogens with one attached hydrogen (secondary N) is 1. The summed E-state index contributed by atoms with van der Waals surface area (Å²) in [7, 11) is 0. The Balaban J connectivity index is 1.50. The summed E-state index contributed by atoms with van der Waals surface area (Å²) in [6.45, 7) is 1.06. The predicted molar refractivity (Wildman–Crippen MR) is 121 cm³/mol. The first-order valence-corrected chi connectivity index (χ1v) is 10.3. The number of rotatable bonds is 6. The average Bonchev–Trinajstić information content (AvgIpc) is 3.28. The van der Waals surface area contributed by atoms with Crippen molar-refractivity contribution in [1.29, 1.82) is 0 Å². The van der Waals surface area contributed by atoms with Gasteiger partial charge in [0.2, 0.25) is 0 Å². The molecule has 0 saturated carbocycles. The first kappa shape index (κ1) is 21.0. The van der Waals surface area contributed by atoms with Crippen LogP contribution in [-0.4, -0.2) is 35.7 Å². The van der Waals surface area contributed by atoms with Crippen LogP contribution in [0.2, 0.25) is 10.0 Å². The molecule has 0 atom stereocenters. The highest BCUT2D eigenvalue weighted by atomic mass is 35.5. The van der Waals surface area contributed by atoms with E-state index in [1.165, 1.54) is 12.1 Å². The molecular weight excluding hydrogens is 437 g/mol. The number of aromatic nitrogens is 1. The van der Waals surface area contributed by atoms with Crippen LogP contribution in [0.3, 0.4) is 0 Å². The Hall–Kier alpha value is -3.22. The molecule has 156 valence electrons. The lowest BCUT2D eigenvalue weighted by atomic mass is 10.1. The van der Waals surface area contributed by atoms with Gasteiger partial charge in [-0.05, 0) is 42.5 Å². The van der Waals surface area contributed by atoms with Crippen LogP contribution in [0, 0.1) is 0 Å². The number of carbonyl (C=O) groups is 2. The fourth-order valence-corrected chi connectivity index (χ4v) is 3.60. The van der Waals surface area contributed by atoms with E-state index in [-0.39, 0.29) is 22.8 Å². The number of hydrogen-bond acceptors (Lipinski definition) is 5. The molecule has 8 heteroatoms. The lowest BCUT2D eigenvalue weighted by Crippen LogP contribution is -2.14. The molecule has 4 rings (SSSR count). The zero-order valence-corrected chi connectivity index (χ0v) is 17.8. The lowest BCUT2D eigenvalue weighted by molar-refractivity contribution is 0.0990. The van der Waals surface area contributed by atoms with Crippen molar-refractivity contribution >= 4 is 46.5 Å². The van der Waals surface area contributed by atoms with Gasteiger partial charge in [-0.15, -0.1) is 0 Å². The third kappa shape index (κ3) is 4.93. The highest BCUT2D eigenvalue weighted by Gasteiger charge is 2.18. The van der Waals surface area contributed by atoms with Crippen molar-refractivity contribution in [3.63, 3.8) is 0 Å². The Morgan fingerprint density at radius 2 is 1.90 bits per heavy atom. The summed E-state index contributed by atoms with van der Waals surface area (Å²) < 4.78 is 5.27. The van der Waals surface area contributed by atoms with Crippen molar-refractivity contribution in [2.24, 2.45) is 4.99 Å². The molecule has 0 bridgehead atoms. The summed E-state index contributed by atoms with van der Waals surface area (Å²) in [4.78, 5) is 33.6. The van der Waals surface area contributed by atoms with Gasteiger partial charge >= 0.3 is 0 Å². The van der Waals surface area contributed by atoms with Crippen molar-refractivity contribution < 1.29 is 14.3 Å². The van der Waals surface area contributed by atoms with E-state index < -0.39 is 5.91 Å². The Morgan fingerprint density at radius 3 is 2.61 bits per heavy atom. The zero-order chi connectivity index (χ0) is 21.8. The lowest BCUT2D eigenvalue weighted by Gasteiger charge is -2.11. The minimum absolute atomic E-state index is 0.0724. The SMILES string of the molecule is O=C(CC1=NCCO1)c1ccc(C(=O)Nc2ccc(Cl)c(-c3ccccn3)c2)c(Cl)c1. The molecule has 3 aromatic rings. The molecular formula is C23H17Cl2N3O3. The van der Waals surface area contributed by atoms with Gasteiger partial charge < -0.3 is 10.1 Å². The van der Waals surface area contributed by atoms with Gasteiger partial charge in [0.05, 0.1) is 34.3 Å². The number of nitrogens with zero attached hydrogens (tertiary/aromatic N) is 2. The van der Waals surface area contributed by atoms with E-state index in [0.29, 0.717) is 46.6 Å². The van der Waals surface area contributed by atoms with Crippen LogP contribution in [-0.2, 0) is 4.74 Å². The Morgan fingerprint density at radius 1 is 1.03 bits per heavy atom. The molecule has 0 saturated heterocycles. The molecule has 1 amide bonds. The number of halogens is 2. The first-order valence-electron chi connectivity index (χ1n) is 9.52. The first-order chi connectivity index (χ1) is 15.0. The molecule has 31 heavy (non-hydrogen) atoms. The molecule has 0 spiro atoms. The molecule has 1 aliphatic rings. The number of hydrogen-bond donors (Lipinski definition) is 1. The minimum Gasteiger partial charge on any atom is -0.479 e. The molecule has 1 aromatic heterocycles. The maximum Gasteiger partial charge on any atom is 0.257 e. The van der Waals surface area contributed by atoms with E-state index in [0.717, 1.165) is 0 Å². The molecule has 1 N–H and O–H groups in total. The van der Waals surface area contributed by atoms with Crippen molar-refractivity contribution in [1.82, 2.24) is 4.98 Å². The van der Waals surface area contributed by atoms with Gasteiger partial charge in [-0.3, -0.25) is 19.6 Å². The summed E-state index contributed by atoms with van der Waals surface area (Å²) in [5.74, 6) is -0.150. The van der Waals surface area contributed by atoms with E-state index in [2.05, 4.69) is 15.3 Å². The van der Waals surface area contributed by atoms with Crippen LogP contribution < -0.4 is 5.32 Å². The molecule has 6 nitrogen and oxygen atoms in total. The number of carbonyl (C=O) groups excluding carboxylic acids is 2. The van der Waals surface area contributed by atoms with Crippen LogP contribution in [0.25, 0.3) is 11.3 Å². The number of amides is 1. The smallest absolute Gasteiger partial charge is 0.257 e. The maximum atomic E-state index is 12.8. The monoisotopic (exact) mass is 453 g/mol. The number of Topliss-reactive ketones (excluding diaryl/α,β-unsaturated/α-hetero) is 1. The number of ether oxygens (including phenoxy) is 1. The van der Waals surface area contributed by atoms with Crippen molar-refractivity contribution in [3.8, 4) is 11.3 Å². The molecule has 0 aliphatic carbocycles. The molecule has 0 unspecified atom stereocenters. The van der Waals surface area contributed by atoms with E-state index in [4.69, 9.17) is 27.9 Å². The van der Waals surface area contributed by atoms with E-state index in [1.807, 2.05) is 18.2 Å². The number of ketones is 1. The summed E-state index contributed by atoms with van der Waals surface area (Å²) in [5.41, 5.74) is 2.58. The second kappa shape index (κ2) is 9.29. The quantitative estimate of drug-likeness (QED) is 0.512. The van der Waals surface area contributed by atoms with Crippen molar-refractivity contribution in [3.05, 3.63) is 82.0 Å². The number of aliphatic imine (C=N–C) groups is 1. The topological polar surface area (TPSA) is 80.6 Å². The van der Waals surface area contributed by atoms with E-state index in [9.17, 15) is 9.59 Å². The van der Waals surface area contributed by atoms with Crippen LogP contribution in [0.5, 0.6) is 0 Å². The molecule has 2 heterocycles. The highest BCUT2D eigenvalue weighted by Crippen LogP contribution is 2.30. The summed E-state index contributed by atoms with van der Waals surface area (Å²) in [6.07, 6.45) is 1.74. The van der Waals surface area contributed by atoms with Gasteiger partial charge in [0.1, 0.15) is 6.61 Å². The number of pyridine rings is 1. The fraction of sp³-hybridized carbons (Fsp3) is 0.130. The average molecular weight is 454 g/mol. The molecule has 0 radical (unpaired) electrons. The summed E-state index contributed by atoms with van der Waals surface area (Å²) in [6, 6.07) is 15.2. The van der Waals surface area contributed by atoms with Crippen LogP contribution in [0.1, 0.15) is 27.1 Å². The second-order valence-electron chi connectivity index (χ2n) is 6.78. The Kier molecular flexibility index (Phi) is 6.30. The predicted octanol–water partition coefficient (Wildman–Crippen LogP) is 5.31. The standard InChI is InChI=1S/C23H17Cl2N3O3/c24-18-7-5-15(12-17(18)20-3-1-2-8-26-20)28-23(30)16-6-4-14(11-19(16)25)21(29)13-22-27-9-10-31-22/h1-8,11-12H,9-10,13H2,(H,28,30). The number of benzene rings is 2. The van der Waals surface area contributed by atoms with Gasteiger partial charge in [-0.1, -0.05) is 35.3 Å². The van der Waals surface area contributed by atoms with E-state index >= 15 is 0 Å². The molecule has 2 aromatic carbocycles. The van der Waals surface area contributed by atoms with Crippen LogP contribution in [0.4, 0.5) is 5.69 Å². The van der Waals surface area contributed by atoms with Crippen LogP contribution in [0.15, 0.2) is 65.8 Å². The van der Waals surface area contributed by atoms with E-state index in [1.54, 1.807) is 30.5 Å².